The zero-order valence-electron chi connectivity index (χ0n) is 12.4. The van der Waals surface area contributed by atoms with E-state index >= 15 is 0 Å². The van der Waals surface area contributed by atoms with Gasteiger partial charge in [-0.25, -0.2) is 0 Å². The highest BCUT2D eigenvalue weighted by atomic mass is 16.6. The Morgan fingerprint density at radius 3 is 2.32 bits per heavy atom. The number of carbonyl (C=O) groups is 2. The lowest BCUT2D eigenvalue weighted by Gasteiger charge is -2.25. The first-order valence-corrected chi connectivity index (χ1v) is 6.72. The Labute approximate surface area is 114 Å². The van der Waals surface area contributed by atoms with Gasteiger partial charge in [0.25, 0.3) is 0 Å². The molecule has 5 heteroatoms. The lowest BCUT2D eigenvalue weighted by Crippen LogP contribution is -2.48. The van der Waals surface area contributed by atoms with E-state index in [-0.39, 0.29) is 5.92 Å². The molecule has 0 aromatic heterocycles. The maximum Gasteiger partial charge on any atom is 0.324 e. The van der Waals surface area contributed by atoms with E-state index in [0.717, 1.165) is 6.42 Å². The number of ether oxygens (including phenoxy) is 1. The van der Waals surface area contributed by atoms with Crippen LogP contribution in [0.5, 0.6) is 0 Å². The van der Waals surface area contributed by atoms with Crippen LogP contribution < -0.4 is 5.73 Å². The molecule has 0 radical (unpaired) electrons. The van der Waals surface area contributed by atoms with Crippen molar-refractivity contribution in [2.75, 3.05) is 0 Å². The molecule has 1 saturated carbocycles. The fourth-order valence-electron chi connectivity index (χ4n) is 2.56. The van der Waals surface area contributed by atoms with Gasteiger partial charge < -0.3 is 15.6 Å². The van der Waals surface area contributed by atoms with Crippen LogP contribution >= 0.6 is 0 Å². The lowest BCUT2D eigenvalue weighted by molar-refractivity contribution is -0.163. The third-order valence-electron chi connectivity index (χ3n) is 3.52. The SMILES string of the molecule is CC(C)CC1CC1(C(=O)O)C(N)C(=O)OC(C)(C)C. The number of esters is 1. The summed E-state index contributed by atoms with van der Waals surface area (Å²) < 4.78 is 5.20. The van der Waals surface area contributed by atoms with Crippen molar-refractivity contribution in [3.05, 3.63) is 0 Å². The van der Waals surface area contributed by atoms with Gasteiger partial charge in [-0.3, -0.25) is 9.59 Å². The van der Waals surface area contributed by atoms with Gasteiger partial charge >= 0.3 is 11.9 Å². The smallest absolute Gasteiger partial charge is 0.324 e. The molecule has 0 aromatic rings. The molecule has 1 aliphatic rings. The molecule has 3 unspecified atom stereocenters. The monoisotopic (exact) mass is 271 g/mol. The molecule has 0 heterocycles. The van der Waals surface area contributed by atoms with Crippen molar-refractivity contribution in [2.45, 2.75) is 59.1 Å². The molecule has 3 atom stereocenters. The molecule has 1 aliphatic carbocycles. The highest BCUT2D eigenvalue weighted by Gasteiger charge is 2.66. The Balaban J connectivity index is 2.80. The predicted molar refractivity (Wildman–Crippen MR) is 71.5 cm³/mol. The van der Waals surface area contributed by atoms with Gasteiger partial charge in [0.15, 0.2) is 0 Å². The standard InChI is InChI=1S/C14H25NO4/c1-8(2)6-9-7-14(9,12(17)18)10(15)11(16)19-13(3,4)5/h8-10H,6-7,15H2,1-5H3,(H,17,18). The van der Waals surface area contributed by atoms with E-state index in [4.69, 9.17) is 10.5 Å². The third kappa shape index (κ3) is 3.47. The summed E-state index contributed by atoms with van der Waals surface area (Å²) in [7, 11) is 0. The Hall–Kier alpha value is -1.10. The fraction of sp³-hybridized carbons (Fsp3) is 0.857. The van der Waals surface area contributed by atoms with Gasteiger partial charge in [-0.1, -0.05) is 13.8 Å². The maximum atomic E-state index is 12.0. The number of hydrogen-bond donors (Lipinski definition) is 2. The predicted octanol–water partition coefficient (Wildman–Crippen LogP) is 1.79. The van der Waals surface area contributed by atoms with Crippen molar-refractivity contribution in [1.82, 2.24) is 0 Å². The Morgan fingerprint density at radius 2 is 1.95 bits per heavy atom. The molecule has 110 valence electrons. The van der Waals surface area contributed by atoms with Crippen molar-refractivity contribution >= 4 is 11.9 Å². The molecule has 0 saturated heterocycles. The second-order valence-corrected chi connectivity index (χ2v) is 6.89. The number of hydrogen-bond acceptors (Lipinski definition) is 4. The van der Waals surface area contributed by atoms with E-state index < -0.39 is 29.0 Å². The molecule has 0 amide bonds. The molecule has 0 spiro atoms. The molecule has 3 N–H and O–H groups in total. The summed E-state index contributed by atoms with van der Waals surface area (Å²) in [5, 5.41) is 9.42. The molecule has 0 aromatic carbocycles. The van der Waals surface area contributed by atoms with Crippen molar-refractivity contribution in [3.63, 3.8) is 0 Å². The average molecular weight is 271 g/mol. The van der Waals surface area contributed by atoms with Gasteiger partial charge in [0.1, 0.15) is 11.6 Å². The minimum absolute atomic E-state index is 0.0347. The van der Waals surface area contributed by atoms with Crippen LogP contribution in [0.25, 0.3) is 0 Å². The van der Waals surface area contributed by atoms with Crippen molar-refractivity contribution in [3.8, 4) is 0 Å². The first-order valence-electron chi connectivity index (χ1n) is 6.72. The van der Waals surface area contributed by atoms with E-state index in [2.05, 4.69) is 0 Å². The Kier molecular flexibility index (Phi) is 4.30. The third-order valence-corrected chi connectivity index (χ3v) is 3.52. The first kappa shape index (κ1) is 16.0. The van der Waals surface area contributed by atoms with Gasteiger partial charge in [0.05, 0.1) is 5.41 Å². The van der Waals surface area contributed by atoms with Crippen LogP contribution in [0.4, 0.5) is 0 Å². The zero-order chi connectivity index (χ0) is 15.0. The van der Waals surface area contributed by atoms with Crippen LogP contribution in [0, 0.1) is 17.3 Å². The van der Waals surface area contributed by atoms with E-state index in [1.807, 2.05) is 13.8 Å². The number of rotatable bonds is 5. The molecule has 19 heavy (non-hydrogen) atoms. The van der Waals surface area contributed by atoms with E-state index in [1.165, 1.54) is 0 Å². The van der Waals surface area contributed by atoms with Gasteiger partial charge in [0.2, 0.25) is 0 Å². The minimum atomic E-state index is -1.13. The molecule has 1 rings (SSSR count). The summed E-state index contributed by atoms with van der Waals surface area (Å²) in [4.78, 5) is 23.5. The average Bonchev–Trinajstić information content (AvgIpc) is 2.88. The highest BCUT2D eigenvalue weighted by molar-refractivity contribution is 5.89. The van der Waals surface area contributed by atoms with Gasteiger partial charge in [-0.2, -0.15) is 0 Å². The molecule has 0 bridgehead atoms. The van der Waals surface area contributed by atoms with Crippen molar-refractivity contribution < 1.29 is 19.4 Å². The molecular weight excluding hydrogens is 246 g/mol. The first-order chi connectivity index (χ1) is 8.50. The minimum Gasteiger partial charge on any atom is -0.481 e. The van der Waals surface area contributed by atoms with E-state index in [9.17, 15) is 14.7 Å². The largest absolute Gasteiger partial charge is 0.481 e. The summed E-state index contributed by atoms with van der Waals surface area (Å²) in [6, 6.07) is -1.09. The second kappa shape index (κ2) is 5.12. The van der Waals surface area contributed by atoms with Crippen molar-refractivity contribution in [1.29, 1.82) is 0 Å². The normalized spacial score (nSPS) is 28.1. The fourth-order valence-corrected chi connectivity index (χ4v) is 2.56. The summed E-state index contributed by atoms with van der Waals surface area (Å²) in [6.45, 7) is 9.28. The molecule has 1 fully saturated rings. The van der Waals surface area contributed by atoms with Crippen LogP contribution in [-0.2, 0) is 14.3 Å². The molecule has 5 nitrogen and oxygen atoms in total. The van der Waals surface area contributed by atoms with Crippen LogP contribution in [0.3, 0.4) is 0 Å². The Morgan fingerprint density at radius 1 is 1.42 bits per heavy atom. The molecular formula is C14H25NO4. The second-order valence-electron chi connectivity index (χ2n) is 6.89. The highest BCUT2D eigenvalue weighted by Crippen LogP contribution is 2.58. The number of aliphatic carboxylic acids is 1. The van der Waals surface area contributed by atoms with Gasteiger partial charge in [0, 0.05) is 0 Å². The van der Waals surface area contributed by atoms with Gasteiger partial charge in [-0.15, -0.1) is 0 Å². The van der Waals surface area contributed by atoms with Crippen LogP contribution in [-0.4, -0.2) is 28.7 Å². The number of carbonyl (C=O) groups excluding carboxylic acids is 1. The summed E-state index contributed by atoms with van der Waals surface area (Å²) in [5.74, 6) is -1.26. The number of nitrogens with two attached hydrogens (primary N) is 1. The number of carboxylic acid groups (broad SMARTS) is 1. The van der Waals surface area contributed by atoms with Crippen molar-refractivity contribution in [2.24, 2.45) is 23.0 Å². The quantitative estimate of drug-likeness (QED) is 0.744. The summed E-state index contributed by atoms with van der Waals surface area (Å²) >= 11 is 0. The van der Waals surface area contributed by atoms with E-state index in [0.29, 0.717) is 12.3 Å². The zero-order valence-corrected chi connectivity index (χ0v) is 12.4. The number of carboxylic acids is 1. The summed E-state index contributed by atoms with van der Waals surface area (Å²) in [6.07, 6.45) is 1.23. The van der Waals surface area contributed by atoms with E-state index in [1.54, 1.807) is 20.8 Å². The lowest BCUT2D eigenvalue weighted by atomic mass is 9.90. The topological polar surface area (TPSA) is 89.6 Å². The van der Waals surface area contributed by atoms with Gasteiger partial charge in [-0.05, 0) is 45.4 Å². The van der Waals surface area contributed by atoms with Crippen LogP contribution in [0.1, 0.15) is 47.5 Å². The van der Waals surface area contributed by atoms with Crippen LogP contribution in [0.15, 0.2) is 0 Å². The summed E-state index contributed by atoms with van der Waals surface area (Å²) in [5.41, 5.74) is 4.09. The molecule has 0 aliphatic heterocycles. The Bertz CT molecular complexity index is 372. The van der Waals surface area contributed by atoms with Crippen LogP contribution in [0.2, 0.25) is 0 Å². The maximum absolute atomic E-state index is 12.0.